The lowest BCUT2D eigenvalue weighted by Crippen LogP contribution is -2.13. The zero-order valence-electron chi connectivity index (χ0n) is 11.4. The van der Waals surface area contributed by atoms with Gasteiger partial charge in [-0.15, -0.1) is 0 Å². The summed E-state index contributed by atoms with van der Waals surface area (Å²) in [7, 11) is -1.26. The topological polar surface area (TPSA) is 89.5 Å². The lowest BCUT2D eigenvalue weighted by molar-refractivity contribution is 0.416. The van der Waals surface area contributed by atoms with Gasteiger partial charge in [-0.05, 0) is 30.3 Å². The van der Waals surface area contributed by atoms with Crippen molar-refractivity contribution < 1.29 is 21.6 Å². The first kappa shape index (κ1) is 16.6. The molecule has 0 spiro atoms. The summed E-state index contributed by atoms with van der Waals surface area (Å²) in [5.41, 5.74) is -0.0203. The van der Waals surface area contributed by atoms with Crippen LogP contribution < -0.4 is 9.46 Å². The second-order valence-corrected chi connectivity index (χ2v) is 8.47. The van der Waals surface area contributed by atoms with Crippen molar-refractivity contribution in [2.45, 2.75) is 9.79 Å². The van der Waals surface area contributed by atoms with Crippen molar-refractivity contribution in [1.82, 2.24) is 0 Å². The van der Waals surface area contributed by atoms with Crippen LogP contribution in [0.25, 0.3) is 0 Å². The van der Waals surface area contributed by atoms with Crippen molar-refractivity contribution in [3.63, 3.8) is 0 Å². The summed E-state index contributed by atoms with van der Waals surface area (Å²) < 4.78 is 54.6. The molecule has 22 heavy (non-hydrogen) atoms. The number of hydrogen-bond donors (Lipinski definition) is 1. The van der Waals surface area contributed by atoms with E-state index in [4.69, 9.17) is 15.4 Å². The van der Waals surface area contributed by atoms with Crippen LogP contribution in [0.4, 0.5) is 5.69 Å². The van der Waals surface area contributed by atoms with Crippen LogP contribution in [0, 0.1) is 0 Å². The van der Waals surface area contributed by atoms with Gasteiger partial charge in [0.2, 0.25) is 0 Å². The van der Waals surface area contributed by atoms with E-state index in [1.165, 1.54) is 31.4 Å². The second-order valence-electron chi connectivity index (χ2n) is 4.22. The Kier molecular flexibility index (Phi) is 4.64. The smallest absolute Gasteiger partial charge is 0.262 e. The molecular weight excluding hydrogens is 350 g/mol. The largest absolute Gasteiger partial charge is 0.495 e. The molecule has 0 aromatic heterocycles. The van der Waals surface area contributed by atoms with Crippen molar-refractivity contribution >= 4 is 35.4 Å². The van der Waals surface area contributed by atoms with Crippen LogP contribution in [0.15, 0.2) is 58.3 Å². The fourth-order valence-corrected chi connectivity index (χ4v) is 3.58. The Morgan fingerprint density at radius 2 is 1.59 bits per heavy atom. The third-order valence-electron chi connectivity index (χ3n) is 2.75. The summed E-state index contributed by atoms with van der Waals surface area (Å²) in [6, 6.07) is 11.3. The molecule has 2 aromatic rings. The predicted octanol–water partition coefficient (Wildman–Crippen LogP) is 2.42. The first-order valence-corrected chi connectivity index (χ1v) is 9.74. The minimum atomic E-state index is -3.99. The number of rotatable bonds is 5. The van der Waals surface area contributed by atoms with E-state index in [2.05, 4.69) is 4.72 Å². The van der Waals surface area contributed by atoms with Crippen molar-refractivity contribution in [3.8, 4) is 5.75 Å². The number of benzene rings is 2. The van der Waals surface area contributed by atoms with E-state index in [-0.39, 0.29) is 21.2 Å². The van der Waals surface area contributed by atoms with Gasteiger partial charge in [-0.2, -0.15) is 0 Å². The van der Waals surface area contributed by atoms with E-state index in [0.717, 1.165) is 6.07 Å². The number of hydrogen-bond acceptors (Lipinski definition) is 5. The Labute approximate surface area is 133 Å². The lowest BCUT2D eigenvalue weighted by Gasteiger charge is -2.12. The Morgan fingerprint density at radius 1 is 0.955 bits per heavy atom. The minimum absolute atomic E-state index is 0.0203. The maximum Gasteiger partial charge on any atom is 0.262 e. The van der Waals surface area contributed by atoms with Gasteiger partial charge in [0.15, 0.2) is 0 Å². The lowest BCUT2D eigenvalue weighted by atomic mass is 10.3. The fraction of sp³-hybridized carbons (Fsp3) is 0.0769. The quantitative estimate of drug-likeness (QED) is 0.826. The van der Waals surface area contributed by atoms with Crippen LogP contribution in [-0.2, 0) is 19.1 Å². The van der Waals surface area contributed by atoms with E-state index in [1.807, 2.05) is 0 Å². The van der Waals surface area contributed by atoms with E-state index >= 15 is 0 Å². The average molecular weight is 362 g/mol. The van der Waals surface area contributed by atoms with Crippen molar-refractivity contribution in [2.75, 3.05) is 11.8 Å². The number of nitrogens with one attached hydrogen (secondary N) is 1. The van der Waals surface area contributed by atoms with Gasteiger partial charge in [-0.25, -0.2) is 16.8 Å². The summed E-state index contributed by atoms with van der Waals surface area (Å²) in [5.74, 6) is 0.170. The molecule has 1 N–H and O–H groups in total. The van der Waals surface area contributed by atoms with Gasteiger partial charge in [0.05, 0.1) is 22.6 Å². The molecule has 0 fully saturated rings. The Bertz CT molecular complexity index is 880. The van der Waals surface area contributed by atoms with Crippen molar-refractivity contribution in [3.05, 3.63) is 48.5 Å². The van der Waals surface area contributed by atoms with E-state index < -0.39 is 19.1 Å². The highest BCUT2D eigenvalue weighted by atomic mass is 35.7. The van der Waals surface area contributed by atoms with Gasteiger partial charge in [-0.3, -0.25) is 4.72 Å². The van der Waals surface area contributed by atoms with Crippen LogP contribution in [0.3, 0.4) is 0 Å². The Balaban J connectivity index is 2.48. The molecule has 0 bridgehead atoms. The molecule has 2 rings (SSSR count). The molecule has 0 unspecified atom stereocenters. The maximum atomic E-state index is 12.3. The average Bonchev–Trinajstić information content (AvgIpc) is 2.47. The monoisotopic (exact) mass is 361 g/mol. The molecule has 0 radical (unpaired) electrons. The maximum absolute atomic E-state index is 12.3. The summed E-state index contributed by atoms with van der Waals surface area (Å²) in [6.45, 7) is 0. The summed E-state index contributed by atoms with van der Waals surface area (Å²) in [4.78, 5) is -0.197. The SMILES string of the molecule is COc1ccc(S(=O)(=O)Cl)cc1NS(=O)(=O)c1ccccc1. The third kappa shape index (κ3) is 3.70. The molecule has 0 atom stereocenters. The molecule has 0 aliphatic rings. The van der Waals surface area contributed by atoms with Gasteiger partial charge in [0, 0.05) is 10.7 Å². The predicted molar refractivity (Wildman–Crippen MR) is 83.3 cm³/mol. The Hall–Kier alpha value is -1.77. The first-order valence-electron chi connectivity index (χ1n) is 5.94. The van der Waals surface area contributed by atoms with Crippen LogP contribution in [0.5, 0.6) is 5.75 Å². The van der Waals surface area contributed by atoms with Gasteiger partial charge < -0.3 is 4.74 Å². The standard InChI is InChI=1S/C13H12ClNO5S2/c1-20-13-8-7-11(21(14,16)17)9-12(13)15-22(18,19)10-5-3-2-4-6-10/h2-9,15H,1H3. The molecule has 9 heteroatoms. The zero-order chi connectivity index (χ0) is 16.4. The molecule has 0 saturated heterocycles. The molecule has 0 saturated carbocycles. The van der Waals surface area contributed by atoms with Crippen molar-refractivity contribution in [2.24, 2.45) is 0 Å². The van der Waals surface area contributed by atoms with Gasteiger partial charge in [0.25, 0.3) is 19.1 Å². The van der Waals surface area contributed by atoms with Crippen LogP contribution in [0.1, 0.15) is 0 Å². The van der Waals surface area contributed by atoms with E-state index in [0.29, 0.717) is 0 Å². The van der Waals surface area contributed by atoms with Gasteiger partial charge >= 0.3 is 0 Å². The number of anilines is 1. The van der Waals surface area contributed by atoms with Crippen LogP contribution in [0.2, 0.25) is 0 Å². The normalized spacial score (nSPS) is 11.9. The highest BCUT2D eigenvalue weighted by molar-refractivity contribution is 8.13. The molecule has 0 aliphatic heterocycles. The molecule has 0 aliphatic carbocycles. The first-order chi connectivity index (χ1) is 10.2. The highest BCUT2D eigenvalue weighted by Crippen LogP contribution is 2.30. The zero-order valence-corrected chi connectivity index (χ0v) is 13.7. The minimum Gasteiger partial charge on any atom is -0.495 e. The molecule has 2 aromatic carbocycles. The van der Waals surface area contributed by atoms with E-state index in [1.54, 1.807) is 18.2 Å². The van der Waals surface area contributed by atoms with Gasteiger partial charge in [0.1, 0.15) is 5.75 Å². The van der Waals surface area contributed by atoms with Crippen LogP contribution in [-0.4, -0.2) is 23.9 Å². The molecular formula is C13H12ClNO5S2. The summed E-state index contributed by atoms with van der Waals surface area (Å²) in [5, 5.41) is 0. The number of methoxy groups -OCH3 is 1. The number of halogens is 1. The molecule has 118 valence electrons. The summed E-state index contributed by atoms with van der Waals surface area (Å²) >= 11 is 0. The number of sulfonamides is 1. The highest BCUT2D eigenvalue weighted by Gasteiger charge is 2.19. The fourth-order valence-electron chi connectivity index (χ4n) is 1.72. The van der Waals surface area contributed by atoms with E-state index in [9.17, 15) is 16.8 Å². The third-order valence-corrected chi connectivity index (χ3v) is 5.48. The second kappa shape index (κ2) is 6.15. The van der Waals surface area contributed by atoms with Gasteiger partial charge in [-0.1, -0.05) is 18.2 Å². The molecule has 6 nitrogen and oxygen atoms in total. The molecule has 0 heterocycles. The Morgan fingerprint density at radius 3 is 2.14 bits per heavy atom. The summed E-state index contributed by atoms with van der Waals surface area (Å²) in [6.07, 6.45) is 0. The molecule has 0 amide bonds. The van der Waals surface area contributed by atoms with Crippen LogP contribution >= 0.6 is 10.7 Å². The number of ether oxygens (including phenoxy) is 1. The van der Waals surface area contributed by atoms with Crippen molar-refractivity contribution in [1.29, 1.82) is 0 Å².